The Balaban J connectivity index is 1.37. The summed E-state index contributed by atoms with van der Waals surface area (Å²) < 4.78 is 12.9. The predicted molar refractivity (Wildman–Crippen MR) is 118 cm³/mol. The van der Waals surface area contributed by atoms with Crippen molar-refractivity contribution >= 4 is 28.4 Å². The Morgan fingerprint density at radius 3 is 2.77 bits per heavy atom. The number of carbonyl (C=O) groups excluding carboxylic acids is 1. The smallest absolute Gasteiger partial charge is 0.219 e. The first-order valence-corrected chi connectivity index (χ1v) is 10.8. The van der Waals surface area contributed by atoms with Gasteiger partial charge in [-0.25, -0.2) is 0 Å². The predicted octanol–water partition coefficient (Wildman–Crippen LogP) is 3.10. The first-order valence-electron chi connectivity index (χ1n) is 9.78. The molecule has 160 valence electrons. The molecule has 2 aromatic heterocycles. The maximum Gasteiger partial charge on any atom is 0.219 e. The van der Waals surface area contributed by atoms with Gasteiger partial charge in [-0.2, -0.15) is 0 Å². The molecule has 0 radical (unpaired) electrons. The van der Waals surface area contributed by atoms with Gasteiger partial charge in [-0.15, -0.1) is 10.2 Å². The van der Waals surface area contributed by atoms with E-state index in [0.717, 1.165) is 10.8 Å². The quantitative estimate of drug-likeness (QED) is 0.365. The van der Waals surface area contributed by atoms with E-state index in [1.54, 1.807) is 23.0 Å². The van der Waals surface area contributed by atoms with Crippen molar-refractivity contribution in [2.75, 3.05) is 12.4 Å². The maximum atomic E-state index is 11.3. The van der Waals surface area contributed by atoms with Gasteiger partial charge in [-0.1, -0.05) is 42.1 Å². The third kappa shape index (κ3) is 5.25. The summed E-state index contributed by atoms with van der Waals surface area (Å²) in [6.45, 7) is 0.468. The van der Waals surface area contributed by atoms with Crippen molar-refractivity contribution in [1.29, 1.82) is 0 Å². The van der Waals surface area contributed by atoms with Crippen molar-refractivity contribution in [2.24, 2.45) is 5.73 Å². The summed E-state index contributed by atoms with van der Waals surface area (Å²) in [7, 11) is 0. The average molecular weight is 439 g/mol. The number of furan rings is 1. The fourth-order valence-corrected chi connectivity index (χ4v) is 3.95. The van der Waals surface area contributed by atoms with E-state index in [4.69, 9.17) is 14.9 Å². The van der Waals surface area contributed by atoms with E-state index in [-0.39, 0.29) is 13.0 Å². The van der Waals surface area contributed by atoms with Crippen molar-refractivity contribution in [3.05, 3.63) is 60.9 Å². The maximum absolute atomic E-state index is 11.3. The molecule has 8 nitrogen and oxygen atoms in total. The van der Waals surface area contributed by atoms with Crippen LogP contribution in [-0.2, 0) is 11.3 Å². The van der Waals surface area contributed by atoms with Crippen LogP contribution in [0.25, 0.3) is 22.4 Å². The Hall–Kier alpha value is -3.30. The van der Waals surface area contributed by atoms with Gasteiger partial charge >= 0.3 is 0 Å². The highest BCUT2D eigenvalue weighted by atomic mass is 32.2. The lowest BCUT2D eigenvalue weighted by atomic mass is 10.1. The molecule has 1 amide bonds. The minimum absolute atomic E-state index is 0.145. The number of carbonyl (C=O) groups is 1. The molecule has 9 heteroatoms. The zero-order valence-corrected chi connectivity index (χ0v) is 17.5. The van der Waals surface area contributed by atoms with Gasteiger partial charge in [0.2, 0.25) is 5.91 Å². The van der Waals surface area contributed by atoms with Gasteiger partial charge in [0.1, 0.15) is 12.4 Å². The molecular weight excluding hydrogens is 416 g/mol. The van der Waals surface area contributed by atoms with Gasteiger partial charge in [0.05, 0.1) is 12.4 Å². The Morgan fingerprint density at radius 2 is 2.00 bits per heavy atom. The second-order valence-electron chi connectivity index (χ2n) is 6.94. The van der Waals surface area contributed by atoms with E-state index in [2.05, 4.69) is 10.2 Å². The molecule has 1 unspecified atom stereocenters. The number of primary amides is 1. The molecule has 0 spiro atoms. The number of fused-ring (bicyclic) bond motifs is 1. The summed E-state index contributed by atoms with van der Waals surface area (Å²) in [5.74, 6) is 1.69. The van der Waals surface area contributed by atoms with Gasteiger partial charge < -0.3 is 20.0 Å². The number of aliphatic hydroxyl groups excluding tert-OH is 1. The largest absolute Gasteiger partial charge is 0.491 e. The Bertz CT molecular complexity index is 1160. The second-order valence-corrected chi connectivity index (χ2v) is 7.92. The van der Waals surface area contributed by atoms with Gasteiger partial charge in [0, 0.05) is 18.7 Å². The molecule has 2 aromatic carbocycles. The SMILES string of the molecule is NC(=O)CCn1c(SCC(O)COc2ccc3ccccc3c2)nnc1-c1ccco1. The summed E-state index contributed by atoms with van der Waals surface area (Å²) in [6, 6.07) is 17.4. The Kier molecular flexibility index (Phi) is 6.54. The number of benzene rings is 2. The molecule has 0 bridgehead atoms. The molecule has 0 aliphatic rings. The first-order chi connectivity index (χ1) is 15.1. The summed E-state index contributed by atoms with van der Waals surface area (Å²) in [5, 5.41) is 21.5. The number of thioether (sulfide) groups is 1. The normalized spacial score (nSPS) is 12.2. The van der Waals surface area contributed by atoms with Crippen LogP contribution in [0.3, 0.4) is 0 Å². The molecular formula is C22H22N4O4S. The van der Waals surface area contributed by atoms with Crippen LogP contribution in [0.1, 0.15) is 6.42 Å². The topological polar surface area (TPSA) is 116 Å². The number of aromatic nitrogens is 3. The molecule has 0 saturated carbocycles. The van der Waals surface area contributed by atoms with Gasteiger partial charge in [0.15, 0.2) is 16.7 Å². The fourth-order valence-electron chi connectivity index (χ4n) is 3.08. The van der Waals surface area contributed by atoms with E-state index < -0.39 is 12.0 Å². The van der Waals surface area contributed by atoms with Crippen LogP contribution < -0.4 is 10.5 Å². The molecule has 31 heavy (non-hydrogen) atoms. The highest BCUT2D eigenvalue weighted by molar-refractivity contribution is 7.99. The minimum atomic E-state index is -0.718. The molecule has 4 rings (SSSR count). The third-order valence-corrected chi connectivity index (χ3v) is 5.72. The zero-order chi connectivity index (χ0) is 21.6. The van der Waals surface area contributed by atoms with Gasteiger partial charge in [0.25, 0.3) is 0 Å². The van der Waals surface area contributed by atoms with Crippen LogP contribution in [-0.4, -0.2) is 44.2 Å². The lowest BCUT2D eigenvalue weighted by Crippen LogP contribution is -2.20. The fraction of sp³-hybridized carbons (Fsp3) is 0.227. The van der Waals surface area contributed by atoms with Crippen molar-refractivity contribution in [3.8, 4) is 17.3 Å². The van der Waals surface area contributed by atoms with E-state index in [1.165, 1.54) is 11.8 Å². The minimum Gasteiger partial charge on any atom is -0.491 e. The van der Waals surface area contributed by atoms with Crippen LogP contribution >= 0.6 is 11.8 Å². The average Bonchev–Trinajstić information content (AvgIpc) is 3.44. The van der Waals surface area contributed by atoms with E-state index in [9.17, 15) is 9.90 Å². The second kappa shape index (κ2) is 9.67. The van der Waals surface area contributed by atoms with E-state index in [0.29, 0.717) is 34.8 Å². The van der Waals surface area contributed by atoms with Crippen molar-refractivity contribution in [3.63, 3.8) is 0 Å². The van der Waals surface area contributed by atoms with Crippen molar-refractivity contribution in [1.82, 2.24) is 14.8 Å². The van der Waals surface area contributed by atoms with Crippen LogP contribution in [0.2, 0.25) is 0 Å². The summed E-state index contributed by atoms with van der Waals surface area (Å²) >= 11 is 1.33. The monoisotopic (exact) mass is 438 g/mol. The first kappa shape index (κ1) is 21.0. The molecule has 0 aliphatic heterocycles. The summed E-state index contributed by atoms with van der Waals surface area (Å²) in [6.07, 6.45) is 0.973. The highest BCUT2D eigenvalue weighted by Gasteiger charge is 2.18. The van der Waals surface area contributed by atoms with Gasteiger partial charge in [-0.3, -0.25) is 9.36 Å². The van der Waals surface area contributed by atoms with Crippen LogP contribution in [0, 0.1) is 0 Å². The lowest BCUT2D eigenvalue weighted by molar-refractivity contribution is -0.118. The molecule has 1 atom stereocenters. The number of hydrogen-bond acceptors (Lipinski definition) is 7. The number of amides is 1. The van der Waals surface area contributed by atoms with Crippen LogP contribution in [0.15, 0.2) is 70.4 Å². The van der Waals surface area contributed by atoms with Gasteiger partial charge in [-0.05, 0) is 35.0 Å². The third-order valence-electron chi connectivity index (χ3n) is 4.61. The molecule has 4 aromatic rings. The number of rotatable bonds is 10. The van der Waals surface area contributed by atoms with Crippen LogP contribution in [0.4, 0.5) is 0 Å². The molecule has 0 fully saturated rings. The Labute approximate surface area is 183 Å². The Morgan fingerprint density at radius 1 is 1.16 bits per heavy atom. The van der Waals surface area contributed by atoms with Crippen molar-refractivity contribution < 1.29 is 19.1 Å². The van der Waals surface area contributed by atoms with E-state index >= 15 is 0 Å². The molecule has 0 saturated heterocycles. The lowest BCUT2D eigenvalue weighted by Gasteiger charge is -2.13. The molecule has 0 aliphatic carbocycles. The van der Waals surface area contributed by atoms with E-state index in [1.807, 2.05) is 42.5 Å². The number of aliphatic hydroxyl groups is 1. The number of hydrogen-bond donors (Lipinski definition) is 2. The molecule has 2 heterocycles. The zero-order valence-electron chi connectivity index (χ0n) is 16.7. The van der Waals surface area contributed by atoms with Crippen molar-refractivity contribution in [2.45, 2.75) is 24.2 Å². The molecule has 3 N–H and O–H groups in total. The summed E-state index contributed by atoms with van der Waals surface area (Å²) in [4.78, 5) is 11.3. The highest BCUT2D eigenvalue weighted by Crippen LogP contribution is 2.26. The standard InChI is InChI=1S/C22H22N4O4S/c23-20(28)9-10-26-21(19-6-3-11-29-19)24-25-22(26)31-14-17(27)13-30-18-8-7-15-4-1-2-5-16(15)12-18/h1-8,11-12,17,27H,9-10,13-14H2,(H2,23,28). The summed E-state index contributed by atoms with van der Waals surface area (Å²) in [5.41, 5.74) is 5.30. The number of nitrogens with two attached hydrogens (primary N) is 1. The van der Waals surface area contributed by atoms with Crippen LogP contribution in [0.5, 0.6) is 5.75 Å². The number of nitrogens with zero attached hydrogens (tertiary/aromatic N) is 3. The number of ether oxygens (including phenoxy) is 1.